The number of rotatable bonds is 1. The number of urea groups is 1. The van der Waals surface area contributed by atoms with E-state index >= 15 is 0 Å². The summed E-state index contributed by atoms with van der Waals surface area (Å²) in [6.45, 7) is 7.82. The van der Waals surface area contributed by atoms with Crippen molar-refractivity contribution in [3.05, 3.63) is 29.3 Å². The highest BCUT2D eigenvalue weighted by molar-refractivity contribution is 5.95. The zero-order valence-corrected chi connectivity index (χ0v) is 13.3. The highest BCUT2D eigenvalue weighted by atomic mass is 16.2. The van der Waals surface area contributed by atoms with Gasteiger partial charge in [0.15, 0.2) is 0 Å². The Morgan fingerprint density at radius 3 is 2.71 bits per heavy atom. The number of benzene rings is 1. The molecular formula is C17H25N3O. The van der Waals surface area contributed by atoms with Crippen LogP contribution in [0.2, 0.25) is 0 Å². The van der Waals surface area contributed by atoms with E-state index in [2.05, 4.69) is 42.4 Å². The average Bonchev–Trinajstić information content (AvgIpc) is 2.77. The van der Waals surface area contributed by atoms with Gasteiger partial charge in [-0.2, -0.15) is 0 Å². The van der Waals surface area contributed by atoms with Crippen LogP contribution in [0, 0.1) is 6.92 Å². The fraction of sp³-hybridized carbons (Fsp3) is 0.588. The van der Waals surface area contributed by atoms with Crippen LogP contribution in [0.1, 0.15) is 30.9 Å². The third kappa shape index (κ3) is 2.42. The Kier molecular flexibility index (Phi) is 3.66. The molecule has 1 aromatic rings. The summed E-state index contributed by atoms with van der Waals surface area (Å²) in [6, 6.07) is 6.56. The second-order valence-corrected chi connectivity index (χ2v) is 6.53. The van der Waals surface area contributed by atoms with Gasteiger partial charge in [-0.1, -0.05) is 17.7 Å². The van der Waals surface area contributed by atoms with E-state index < -0.39 is 0 Å². The van der Waals surface area contributed by atoms with E-state index in [-0.39, 0.29) is 11.4 Å². The van der Waals surface area contributed by atoms with Crippen LogP contribution >= 0.6 is 0 Å². The Morgan fingerprint density at radius 2 is 2.05 bits per heavy atom. The minimum absolute atomic E-state index is 0.0402. The standard InChI is InChI=1S/C17H25N3O/c1-4-18-16(21)20-12-17(7-9-19(3)10-8-17)14-11-13(2)5-6-15(14)20/h5-6,11H,4,7-10,12H2,1-3H3,(H,18,21). The molecule has 2 aliphatic heterocycles. The molecule has 1 aromatic carbocycles. The highest BCUT2D eigenvalue weighted by Crippen LogP contribution is 2.47. The number of aryl methyl sites for hydroxylation is 1. The lowest BCUT2D eigenvalue weighted by Crippen LogP contribution is -2.47. The quantitative estimate of drug-likeness (QED) is 0.861. The van der Waals surface area contributed by atoms with Gasteiger partial charge in [0.25, 0.3) is 0 Å². The van der Waals surface area contributed by atoms with Crippen LogP contribution < -0.4 is 10.2 Å². The van der Waals surface area contributed by atoms with Crippen molar-refractivity contribution in [2.24, 2.45) is 0 Å². The first-order valence-electron chi connectivity index (χ1n) is 7.91. The maximum absolute atomic E-state index is 12.4. The number of nitrogens with zero attached hydrogens (tertiary/aromatic N) is 2. The number of hydrogen-bond donors (Lipinski definition) is 1. The van der Waals surface area contributed by atoms with Crippen LogP contribution in [-0.2, 0) is 5.41 Å². The lowest BCUT2D eigenvalue weighted by Gasteiger charge is -2.38. The van der Waals surface area contributed by atoms with Gasteiger partial charge in [0, 0.05) is 24.2 Å². The van der Waals surface area contributed by atoms with Crippen molar-refractivity contribution in [3.63, 3.8) is 0 Å². The molecule has 0 atom stereocenters. The number of amides is 2. The fourth-order valence-electron chi connectivity index (χ4n) is 3.68. The summed E-state index contributed by atoms with van der Waals surface area (Å²) in [5, 5.41) is 2.95. The van der Waals surface area contributed by atoms with Crippen molar-refractivity contribution < 1.29 is 4.79 Å². The van der Waals surface area contributed by atoms with E-state index in [4.69, 9.17) is 0 Å². The van der Waals surface area contributed by atoms with E-state index in [1.807, 2.05) is 11.8 Å². The number of fused-ring (bicyclic) bond motifs is 2. The summed E-state index contributed by atoms with van der Waals surface area (Å²) in [5.74, 6) is 0. The van der Waals surface area contributed by atoms with Gasteiger partial charge < -0.3 is 10.2 Å². The molecule has 21 heavy (non-hydrogen) atoms. The van der Waals surface area contributed by atoms with Gasteiger partial charge in [0.1, 0.15) is 0 Å². The van der Waals surface area contributed by atoms with Gasteiger partial charge in [-0.05, 0) is 58.5 Å². The predicted molar refractivity (Wildman–Crippen MR) is 86.0 cm³/mol. The van der Waals surface area contributed by atoms with E-state index in [0.717, 1.165) is 38.2 Å². The van der Waals surface area contributed by atoms with Crippen LogP contribution in [0.25, 0.3) is 0 Å². The topological polar surface area (TPSA) is 35.6 Å². The minimum atomic E-state index is 0.0402. The summed E-state index contributed by atoms with van der Waals surface area (Å²) in [5.41, 5.74) is 3.92. The lowest BCUT2D eigenvalue weighted by molar-refractivity contribution is 0.195. The van der Waals surface area contributed by atoms with Crippen LogP contribution in [0.5, 0.6) is 0 Å². The number of hydrogen-bond acceptors (Lipinski definition) is 2. The molecule has 1 saturated heterocycles. The Morgan fingerprint density at radius 1 is 1.33 bits per heavy atom. The first-order valence-corrected chi connectivity index (χ1v) is 7.91. The van der Waals surface area contributed by atoms with Crippen LogP contribution in [-0.4, -0.2) is 44.2 Å². The molecule has 114 valence electrons. The molecule has 2 amide bonds. The molecule has 0 aliphatic carbocycles. The van der Waals surface area contributed by atoms with Crippen molar-refractivity contribution >= 4 is 11.7 Å². The number of anilines is 1. The van der Waals surface area contributed by atoms with E-state index in [9.17, 15) is 4.79 Å². The molecule has 2 heterocycles. The number of carbonyl (C=O) groups is 1. The van der Waals surface area contributed by atoms with Crippen molar-refractivity contribution in [1.29, 1.82) is 0 Å². The van der Waals surface area contributed by atoms with E-state index in [1.165, 1.54) is 11.1 Å². The van der Waals surface area contributed by atoms with E-state index in [1.54, 1.807) is 0 Å². The molecule has 2 aliphatic rings. The Labute approximate surface area is 127 Å². The maximum Gasteiger partial charge on any atom is 0.321 e. The summed E-state index contributed by atoms with van der Waals surface area (Å²) in [6.07, 6.45) is 2.27. The monoisotopic (exact) mass is 287 g/mol. The maximum atomic E-state index is 12.4. The Bertz CT molecular complexity index is 547. The van der Waals surface area contributed by atoms with Gasteiger partial charge in [-0.3, -0.25) is 4.90 Å². The smallest absolute Gasteiger partial charge is 0.321 e. The largest absolute Gasteiger partial charge is 0.338 e. The zero-order chi connectivity index (χ0) is 15.0. The molecule has 0 bridgehead atoms. The summed E-state index contributed by atoms with van der Waals surface area (Å²) in [4.78, 5) is 16.7. The van der Waals surface area contributed by atoms with Crippen molar-refractivity contribution in [1.82, 2.24) is 10.2 Å². The number of piperidine rings is 1. The second-order valence-electron chi connectivity index (χ2n) is 6.53. The molecule has 3 rings (SSSR count). The predicted octanol–water partition coefficient (Wildman–Crippen LogP) is 2.51. The third-order valence-corrected chi connectivity index (χ3v) is 4.99. The van der Waals surface area contributed by atoms with Crippen LogP contribution in [0.3, 0.4) is 0 Å². The van der Waals surface area contributed by atoms with Gasteiger partial charge in [-0.25, -0.2) is 4.79 Å². The SMILES string of the molecule is CCNC(=O)N1CC2(CCN(C)CC2)c2cc(C)ccc21. The van der Waals surface area contributed by atoms with Gasteiger partial charge >= 0.3 is 6.03 Å². The van der Waals surface area contributed by atoms with Crippen LogP contribution in [0.15, 0.2) is 18.2 Å². The van der Waals surface area contributed by atoms with Crippen molar-refractivity contribution in [3.8, 4) is 0 Å². The number of likely N-dealkylation sites (tertiary alicyclic amines) is 1. The summed E-state index contributed by atoms with van der Waals surface area (Å²) >= 11 is 0. The minimum Gasteiger partial charge on any atom is -0.338 e. The summed E-state index contributed by atoms with van der Waals surface area (Å²) in [7, 11) is 2.18. The fourth-order valence-corrected chi connectivity index (χ4v) is 3.68. The first kappa shape index (κ1) is 14.4. The van der Waals surface area contributed by atoms with Crippen molar-refractivity contribution in [2.75, 3.05) is 38.1 Å². The van der Waals surface area contributed by atoms with Crippen LogP contribution in [0.4, 0.5) is 10.5 Å². The van der Waals surface area contributed by atoms with Gasteiger partial charge in [0.05, 0.1) is 0 Å². The molecule has 1 N–H and O–H groups in total. The van der Waals surface area contributed by atoms with Crippen molar-refractivity contribution in [2.45, 2.75) is 32.1 Å². The number of carbonyl (C=O) groups excluding carboxylic acids is 1. The highest BCUT2D eigenvalue weighted by Gasteiger charge is 2.45. The van der Waals surface area contributed by atoms with Gasteiger partial charge in [0.2, 0.25) is 0 Å². The normalized spacial score (nSPS) is 20.6. The molecule has 4 heteroatoms. The third-order valence-electron chi connectivity index (χ3n) is 4.99. The Hall–Kier alpha value is -1.55. The molecule has 4 nitrogen and oxygen atoms in total. The summed E-state index contributed by atoms with van der Waals surface area (Å²) < 4.78 is 0. The zero-order valence-electron chi connectivity index (χ0n) is 13.3. The number of nitrogens with one attached hydrogen (secondary N) is 1. The lowest BCUT2D eigenvalue weighted by atomic mass is 9.74. The van der Waals surface area contributed by atoms with E-state index in [0.29, 0.717) is 6.54 Å². The first-order chi connectivity index (χ1) is 10.1. The molecule has 1 spiro atoms. The molecule has 0 unspecified atom stereocenters. The average molecular weight is 287 g/mol. The second kappa shape index (κ2) is 5.34. The molecule has 0 saturated carbocycles. The molecule has 1 fully saturated rings. The van der Waals surface area contributed by atoms with Gasteiger partial charge in [-0.15, -0.1) is 0 Å². The molecule has 0 aromatic heterocycles. The Balaban J connectivity index is 1.98. The molecule has 0 radical (unpaired) electrons. The molecular weight excluding hydrogens is 262 g/mol.